The number of rotatable bonds is 6. The van der Waals surface area contributed by atoms with Crippen molar-refractivity contribution in [1.29, 1.82) is 0 Å². The summed E-state index contributed by atoms with van der Waals surface area (Å²) in [5.74, 6) is 1.67. The second-order valence-corrected chi connectivity index (χ2v) is 7.46. The van der Waals surface area contributed by atoms with Crippen LogP contribution in [-0.4, -0.2) is 0 Å². The molecule has 0 atom stereocenters. The second-order valence-electron chi connectivity index (χ2n) is 7.46. The first-order valence-electron chi connectivity index (χ1n) is 10.7. The van der Waals surface area contributed by atoms with Crippen molar-refractivity contribution < 1.29 is 4.74 Å². The smallest absolute Gasteiger partial charge is 0.135 e. The van der Waals surface area contributed by atoms with Crippen LogP contribution >= 0.6 is 0 Å². The molecule has 0 radical (unpaired) electrons. The Balaban J connectivity index is 1.50. The van der Waals surface area contributed by atoms with Gasteiger partial charge >= 0.3 is 0 Å². The van der Waals surface area contributed by atoms with Crippen molar-refractivity contribution >= 4 is 17.1 Å². The van der Waals surface area contributed by atoms with Crippen molar-refractivity contribution in [2.75, 3.05) is 4.90 Å². The van der Waals surface area contributed by atoms with Crippen LogP contribution in [0.25, 0.3) is 11.1 Å². The van der Waals surface area contributed by atoms with E-state index in [4.69, 9.17) is 4.74 Å². The van der Waals surface area contributed by atoms with E-state index in [1.807, 2.05) is 60.7 Å². The maximum atomic E-state index is 6.17. The van der Waals surface area contributed by atoms with Crippen LogP contribution in [-0.2, 0) is 0 Å². The lowest BCUT2D eigenvalue weighted by Gasteiger charge is -2.25. The van der Waals surface area contributed by atoms with E-state index in [1.165, 1.54) is 0 Å². The lowest BCUT2D eigenvalue weighted by atomic mass is 10.0. The third kappa shape index (κ3) is 4.26. The third-order valence-corrected chi connectivity index (χ3v) is 5.32. The SMILES string of the molecule is c1ccc(Oc2ccccc2-c2ccc(N(c3ccccc3)c3ccccc3)cc2)cc1. The average molecular weight is 414 g/mol. The predicted molar refractivity (Wildman–Crippen MR) is 133 cm³/mol. The van der Waals surface area contributed by atoms with Gasteiger partial charge in [0.15, 0.2) is 0 Å². The number of hydrogen-bond donors (Lipinski definition) is 0. The molecule has 0 aromatic heterocycles. The lowest BCUT2D eigenvalue weighted by Crippen LogP contribution is -2.09. The molecule has 0 aliphatic carbocycles. The van der Waals surface area contributed by atoms with Gasteiger partial charge in [0.2, 0.25) is 0 Å². The molecule has 32 heavy (non-hydrogen) atoms. The molecule has 0 aliphatic rings. The Labute approximate surface area is 189 Å². The molecular weight excluding hydrogens is 390 g/mol. The van der Waals surface area contributed by atoms with E-state index in [-0.39, 0.29) is 0 Å². The van der Waals surface area contributed by atoms with Gasteiger partial charge in [-0.05, 0) is 60.2 Å². The van der Waals surface area contributed by atoms with Crippen LogP contribution in [0.15, 0.2) is 140 Å². The molecule has 0 amide bonds. The van der Waals surface area contributed by atoms with E-state index in [2.05, 4.69) is 83.8 Å². The molecule has 0 bridgehead atoms. The Morgan fingerprint density at radius 2 is 0.875 bits per heavy atom. The second kappa shape index (κ2) is 9.23. The van der Waals surface area contributed by atoms with Gasteiger partial charge < -0.3 is 9.64 Å². The van der Waals surface area contributed by atoms with E-state index < -0.39 is 0 Å². The monoisotopic (exact) mass is 413 g/mol. The standard InChI is InChI=1S/C30H23NO/c1-4-12-25(13-5-1)31(26-14-6-2-7-15-26)27-22-20-24(21-23-27)29-18-10-11-19-30(29)32-28-16-8-3-9-17-28/h1-23H. The van der Waals surface area contributed by atoms with Crippen LogP contribution in [0, 0.1) is 0 Å². The van der Waals surface area contributed by atoms with Gasteiger partial charge in [-0.15, -0.1) is 0 Å². The van der Waals surface area contributed by atoms with Crippen LogP contribution in [0.1, 0.15) is 0 Å². The molecule has 0 fully saturated rings. The van der Waals surface area contributed by atoms with Gasteiger partial charge in [0, 0.05) is 22.6 Å². The minimum Gasteiger partial charge on any atom is -0.457 e. The zero-order chi connectivity index (χ0) is 21.6. The van der Waals surface area contributed by atoms with Crippen LogP contribution in [0.3, 0.4) is 0 Å². The fourth-order valence-corrected chi connectivity index (χ4v) is 3.80. The molecule has 0 N–H and O–H groups in total. The summed E-state index contributed by atoms with van der Waals surface area (Å²) in [7, 11) is 0. The van der Waals surface area contributed by atoms with Crippen molar-refractivity contribution in [2.45, 2.75) is 0 Å². The Morgan fingerprint density at radius 1 is 0.406 bits per heavy atom. The van der Waals surface area contributed by atoms with Crippen molar-refractivity contribution in [2.24, 2.45) is 0 Å². The van der Waals surface area contributed by atoms with Gasteiger partial charge in [-0.2, -0.15) is 0 Å². The van der Waals surface area contributed by atoms with Gasteiger partial charge in [-0.1, -0.05) is 84.9 Å². The largest absolute Gasteiger partial charge is 0.457 e. The molecule has 154 valence electrons. The molecule has 0 saturated carbocycles. The van der Waals surface area contributed by atoms with E-state index in [1.54, 1.807) is 0 Å². The molecule has 0 saturated heterocycles. The molecule has 0 aliphatic heterocycles. The maximum Gasteiger partial charge on any atom is 0.135 e. The molecule has 0 spiro atoms. The fraction of sp³-hybridized carbons (Fsp3) is 0. The predicted octanol–water partition coefficient (Wildman–Crippen LogP) is 8.62. The fourth-order valence-electron chi connectivity index (χ4n) is 3.80. The summed E-state index contributed by atoms with van der Waals surface area (Å²) >= 11 is 0. The number of para-hydroxylation sites is 4. The number of nitrogens with zero attached hydrogens (tertiary/aromatic N) is 1. The van der Waals surface area contributed by atoms with Gasteiger partial charge in [-0.25, -0.2) is 0 Å². The first kappa shape index (κ1) is 19.7. The molecular formula is C30H23NO. The first-order chi connectivity index (χ1) is 15.9. The quantitative estimate of drug-likeness (QED) is 0.276. The molecule has 2 nitrogen and oxygen atoms in total. The van der Waals surface area contributed by atoms with Crippen molar-refractivity contribution in [1.82, 2.24) is 0 Å². The first-order valence-corrected chi connectivity index (χ1v) is 10.7. The molecule has 5 rings (SSSR count). The zero-order valence-corrected chi connectivity index (χ0v) is 17.6. The zero-order valence-electron chi connectivity index (χ0n) is 17.6. The van der Waals surface area contributed by atoms with E-state index in [0.29, 0.717) is 0 Å². The topological polar surface area (TPSA) is 12.5 Å². The highest BCUT2D eigenvalue weighted by molar-refractivity contribution is 5.79. The molecule has 2 heteroatoms. The van der Waals surface area contributed by atoms with Crippen molar-refractivity contribution in [3.8, 4) is 22.6 Å². The number of hydrogen-bond acceptors (Lipinski definition) is 2. The van der Waals surface area contributed by atoms with E-state index in [9.17, 15) is 0 Å². The summed E-state index contributed by atoms with van der Waals surface area (Å²) < 4.78 is 6.17. The van der Waals surface area contributed by atoms with Crippen LogP contribution in [0.5, 0.6) is 11.5 Å². The lowest BCUT2D eigenvalue weighted by molar-refractivity contribution is 0.484. The molecule has 0 unspecified atom stereocenters. The Hall–Kier alpha value is -4.30. The average Bonchev–Trinajstić information content (AvgIpc) is 2.87. The Morgan fingerprint density at radius 3 is 1.47 bits per heavy atom. The number of anilines is 3. The highest BCUT2D eigenvalue weighted by Crippen LogP contribution is 2.37. The van der Waals surface area contributed by atoms with Crippen LogP contribution < -0.4 is 9.64 Å². The summed E-state index contributed by atoms with van der Waals surface area (Å²) in [5.41, 5.74) is 5.53. The summed E-state index contributed by atoms with van der Waals surface area (Å²) in [6, 6.07) is 47.5. The van der Waals surface area contributed by atoms with Crippen LogP contribution in [0.4, 0.5) is 17.1 Å². The van der Waals surface area contributed by atoms with E-state index in [0.717, 1.165) is 39.7 Å². The van der Waals surface area contributed by atoms with Gasteiger partial charge in [0.25, 0.3) is 0 Å². The van der Waals surface area contributed by atoms with Gasteiger partial charge in [-0.3, -0.25) is 0 Å². The summed E-state index contributed by atoms with van der Waals surface area (Å²) in [4.78, 5) is 2.26. The normalized spacial score (nSPS) is 10.5. The van der Waals surface area contributed by atoms with Gasteiger partial charge in [0.05, 0.1) is 0 Å². The van der Waals surface area contributed by atoms with Crippen molar-refractivity contribution in [3.05, 3.63) is 140 Å². The van der Waals surface area contributed by atoms with Crippen LogP contribution in [0.2, 0.25) is 0 Å². The van der Waals surface area contributed by atoms with E-state index >= 15 is 0 Å². The number of ether oxygens (including phenoxy) is 1. The third-order valence-electron chi connectivity index (χ3n) is 5.32. The highest BCUT2D eigenvalue weighted by Gasteiger charge is 2.13. The highest BCUT2D eigenvalue weighted by atomic mass is 16.5. The Kier molecular flexibility index (Phi) is 5.67. The number of benzene rings is 5. The summed E-state index contributed by atoms with van der Waals surface area (Å²) in [5, 5.41) is 0. The molecule has 0 heterocycles. The van der Waals surface area contributed by atoms with Gasteiger partial charge in [0.1, 0.15) is 11.5 Å². The minimum atomic E-state index is 0.830. The maximum absolute atomic E-state index is 6.17. The summed E-state index contributed by atoms with van der Waals surface area (Å²) in [6.45, 7) is 0. The van der Waals surface area contributed by atoms with Crippen molar-refractivity contribution in [3.63, 3.8) is 0 Å². The molecule has 5 aromatic rings. The molecule has 5 aromatic carbocycles. The Bertz CT molecular complexity index is 1230. The summed E-state index contributed by atoms with van der Waals surface area (Å²) in [6.07, 6.45) is 0. The minimum absolute atomic E-state index is 0.830.